The number of rotatable bonds is 1. The molecule has 0 saturated heterocycles. The molecule has 0 amide bonds. The van der Waals surface area contributed by atoms with Gasteiger partial charge in [0.2, 0.25) is 0 Å². The van der Waals surface area contributed by atoms with Crippen LogP contribution in [0.1, 0.15) is 5.56 Å². The molecule has 0 aromatic heterocycles. The Kier molecular flexibility index (Phi) is 2.60. The minimum absolute atomic E-state index is 0.411. The molecule has 0 saturated carbocycles. The maximum Gasteiger partial charge on any atom is 0.139 e. The average molecular weight is 246 g/mol. The first-order valence-electron chi connectivity index (χ1n) is 3.08. The van der Waals surface area contributed by atoms with Gasteiger partial charge in [0.05, 0.1) is 0 Å². The first-order valence-corrected chi connectivity index (χ1v) is 4.61. The largest absolute Gasteiger partial charge is 0.508 e. The molecule has 52 valence electrons. The second-order valence-electron chi connectivity index (χ2n) is 2.27. The molecule has 1 aromatic carbocycles. The quantitative estimate of drug-likeness (QED) is 0.436. The Morgan fingerprint density at radius 1 is 1.50 bits per heavy atom. The summed E-state index contributed by atoms with van der Waals surface area (Å²) in [5.74, 6) is 0.411. The third-order valence-electron chi connectivity index (χ3n) is 1.38. The Morgan fingerprint density at radius 2 is 2.20 bits per heavy atom. The van der Waals surface area contributed by atoms with Crippen LogP contribution in [0.15, 0.2) is 18.2 Å². The molecule has 1 N–H and O–H groups in total. The van der Waals surface area contributed by atoms with E-state index in [1.807, 2.05) is 20.0 Å². The molecule has 3 heteroatoms. The van der Waals surface area contributed by atoms with Gasteiger partial charge in [-0.3, -0.25) is 0 Å². The van der Waals surface area contributed by atoms with Crippen molar-refractivity contribution >= 4 is 35.9 Å². The Hall–Kier alpha value is -0.185. The van der Waals surface area contributed by atoms with Crippen LogP contribution in [0.3, 0.4) is 0 Å². The topological polar surface area (TPSA) is 20.2 Å². The van der Waals surface area contributed by atoms with Gasteiger partial charge < -0.3 is 5.11 Å². The maximum atomic E-state index is 9.29. The zero-order valence-electron chi connectivity index (χ0n) is 5.76. The van der Waals surface area contributed by atoms with Crippen LogP contribution in [0.4, 0.5) is 0 Å². The van der Waals surface area contributed by atoms with E-state index in [-0.39, 0.29) is 0 Å². The van der Waals surface area contributed by atoms with Crippen LogP contribution in [0, 0.1) is 0 Å². The van der Waals surface area contributed by atoms with Crippen LogP contribution in [0.5, 0.6) is 5.75 Å². The van der Waals surface area contributed by atoms with Crippen molar-refractivity contribution in [2.45, 2.75) is 4.43 Å². The summed E-state index contributed by atoms with van der Waals surface area (Å²) >= 11 is 2.23. The monoisotopic (exact) mass is 246 g/mol. The molecule has 1 nitrogen and oxygen atoms in total. The van der Waals surface area contributed by atoms with Crippen molar-refractivity contribution in [1.82, 2.24) is 0 Å². The SMILES string of the molecule is Bc1ccc(CI)c(O)c1. The first kappa shape index (κ1) is 7.92. The molecule has 0 spiro atoms. The second kappa shape index (κ2) is 3.28. The van der Waals surface area contributed by atoms with E-state index in [1.54, 1.807) is 6.07 Å². The lowest BCUT2D eigenvalue weighted by molar-refractivity contribution is 0.471. The summed E-state index contributed by atoms with van der Waals surface area (Å²) in [7, 11) is 1.97. The third-order valence-corrected chi connectivity index (χ3v) is 2.21. The number of hydrogen-bond acceptors (Lipinski definition) is 1. The van der Waals surface area contributed by atoms with E-state index in [9.17, 15) is 5.11 Å². The minimum atomic E-state index is 0.411. The number of phenolic OH excluding ortho intramolecular Hbond substituents is 1. The minimum Gasteiger partial charge on any atom is -0.508 e. The molecule has 0 aliphatic heterocycles. The number of phenols is 1. The highest BCUT2D eigenvalue weighted by molar-refractivity contribution is 14.1. The van der Waals surface area contributed by atoms with Gasteiger partial charge in [-0.05, 0) is 6.07 Å². The Balaban J connectivity index is 3.07. The fourth-order valence-corrected chi connectivity index (χ4v) is 1.43. The molecule has 0 fully saturated rings. The summed E-state index contributed by atoms with van der Waals surface area (Å²) in [4.78, 5) is 0. The predicted molar refractivity (Wildman–Crippen MR) is 54.0 cm³/mol. The molecule has 10 heavy (non-hydrogen) atoms. The number of aromatic hydroxyl groups is 1. The number of halogens is 1. The van der Waals surface area contributed by atoms with Crippen LogP contribution >= 0.6 is 22.6 Å². The van der Waals surface area contributed by atoms with E-state index in [4.69, 9.17) is 0 Å². The van der Waals surface area contributed by atoms with E-state index < -0.39 is 0 Å². The first-order chi connectivity index (χ1) is 4.74. The molecule has 0 unspecified atom stereocenters. The Bertz CT molecular complexity index is 237. The van der Waals surface area contributed by atoms with Gasteiger partial charge in [-0.25, -0.2) is 0 Å². The molecule has 0 bridgehead atoms. The summed E-state index contributed by atoms with van der Waals surface area (Å²) < 4.78 is 0.865. The van der Waals surface area contributed by atoms with Gasteiger partial charge in [-0.15, -0.1) is 0 Å². The van der Waals surface area contributed by atoms with Gasteiger partial charge in [0.15, 0.2) is 0 Å². The molecule has 0 radical (unpaired) electrons. The molecule has 0 atom stereocenters. The molecule has 0 aliphatic rings. The lowest BCUT2D eigenvalue weighted by Crippen LogP contribution is -2.00. The summed E-state index contributed by atoms with van der Waals surface area (Å²) in [6, 6.07) is 5.75. The van der Waals surface area contributed by atoms with E-state index in [0.717, 1.165) is 15.5 Å². The van der Waals surface area contributed by atoms with E-state index in [0.29, 0.717) is 5.75 Å². The predicted octanol–water partition coefficient (Wildman–Crippen LogP) is 0.586. The van der Waals surface area contributed by atoms with Crippen LogP contribution in [-0.4, -0.2) is 13.0 Å². The Labute approximate surface area is 75.0 Å². The van der Waals surface area contributed by atoms with Crippen molar-refractivity contribution in [3.8, 4) is 5.75 Å². The molecule has 1 aromatic rings. The van der Waals surface area contributed by atoms with Crippen molar-refractivity contribution in [2.24, 2.45) is 0 Å². The van der Waals surface area contributed by atoms with Crippen molar-refractivity contribution < 1.29 is 5.11 Å². The van der Waals surface area contributed by atoms with Crippen LogP contribution in [-0.2, 0) is 4.43 Å². The fourth-order valence-electron chi connectivity index (χ4n) is 0.787. The van der Waals surface area contributed by atoms with Crippen molar-refractivity contribution in [3.63, 3.8) is 0 Å². The van der Waals surface area contributed by atoms with Gasteiger partial charge in [-0.1, -0.05) is 40.2 Å². The lowest BCUT2D eigenvalue weighted by atomic mass is 9.95. The van der Waals surface area contributed by atoms with E-state index >= 15 is 0 Å². The number of alkyl halides is 1. The molecule has 0 aliphatic carbocycles. The van der Waals surface area contributed by atoms with Crippen LogP contribution < -0.4 is 5.46 Å². The fraction of sp³-hybridized carbons (Fsp3) is 0.143. The van der Waals surface area contributed by atoms with Crippen molar-refractivity contribution in [2.75, 3.05) is 0 Å². The van der Waals surface area contributed by atoms with Crippen molar-refractivity contribution in [1.29, 1.82) is 0 Å². The zero-order chi connectivity index (χ0) is 7.56. The summed E-state index contributed by atoms with van der Waals surface area (Å²) in [5.41, 5.74) is 2.11. The normalized spacial score (nSPS) is 9.70. The summed E-state index contributed by atoms with van der Waals surface area (Å²) in [6.07, 6.45) is 0. The van der Waals surface area contributed by atoms with E-state index in [1.165, 1.54) is 0 Å². The smallest absolute Gasteiger partial charge is 0.139 e. The van der Waals surface area contributed by atoms with Crippen LogP contribution in [0.25, 0.3) is 0 Å². The summed E-state index contributed by atoms with van der Waals surface area (Å²) in [6.45, 7) is 0. The zero-order valence-corrected chi connectivity index (χ0v) is 7.92. The van der Waals surface area contributed by atoms with Gasteiger partial charge in [0.1, 0.15) is 13.6 Å². The average Bonchev–Trinajstić information content (AvgIpc) is 1.88. The Morgan fingerprint density at radius 3 is 2.70 bits per heavy atom. The van der Waals surface area contributed by atoms with Crippen LogP contribution in [0.2, 0.25) is 0 Å². The van der Waals surface area contributed by atoms with Gasteiger partial charge in [0.25, 0.3) is 0 Å². The summed E-state index contributed by atoms with van der Waals surface area (Å²) in [5, 5.41) is 9.29. The molecular weight excluding hydrogens is 238 g/mol. The maximum absolute atomic E-state index is 9.29. The third kappa shape index (κ3) is 1.65. The molecule has 1 rings (SSSR count). The highest BCUT2D eigenvalue weighted by Crippen LogP contribution is 2.16. The van der Waals surface area contributed by atoms with Gasteiger partial charge in [-0.2, -0.15) is 0 Å². The standard InChI is InChI=1S/C7H8BIO/c8-6-2-1-5(4-9)7(10)3-6/h1-3,10H,4,8H2. The van der Waals surface area contributed by atoms with E-state index in [2.05, 4.69) is 22.6 Å². The highest BCUT2D eigenvalue weighted by Gasteiger charge is 1.96. The number of hydrogen-bond donors (Lipinski definition) is 1. The second-order valence-corrected chi connectivity index (χ2v) is 3.03. The molecule has 0 heterocycles. The highest BCUT2D eigenvalue weighted by atomic mass is 127. The lowest BCUT2D eigenvalue weighted by Gasteiger charge is -2.00. The van der Waals surface area contributed by atoms with Crippen molar-refractivity contribution in [3.05, 3.63) is 23.8 Å². The van der Waals surface area contributed by atoms with Gasteiger partial charge >= 0.3 is 0 Å². The molecular formula is C7H8BIO. The number of benzene rings is 1. The van der Waals surface area contributed by atoms with Gasteiger partial charge in [0, 0.05) is 9.99 Å².